The third-order valence-electron chi connectivity index (χ3n) is 13.1. The van der Waals surface area contributed by atoms with E-state index in [4.69, 9.17) is 0 Å². The number of hydrogen-bond donors (Lipinski definition) is 1. The van der Waals surface area contributed by atoms with Gasteiger partial charge in [0.15, 0.2) is 0 Å². The molecule has 0 bridgehead atoms. The van der Waals surface area contributed by atoms with Gasteiger partial charge in [0.2, 0.25) is 0 Å². The van der Waals surface area contributed by atoms with Gasteiger partial charge >= 0.3 is 0 Å². The van der Waals surface area contributed by atoms with Gasteiger partial charge < -0.3 is 9.88 Å². The Morgan fingerprint density at radius 3 is 1.67 bits per heavy atom. The van der Waals surface area contributed by atoms with Crippen LogP contribution in [0.3, 0.4) is 0 Å². The minimum Gasteiger partial charge on any atom is -0.355 e. The fraction of sp³-hybridized carbons (Fsp3) is 0.134. The molecule has 0 saturated heterocycles. The fourth-order valence-corrected chi connectivity index (χ4v) is 9.44. The van der Waals surface area contributed by atoms with E-state index in [9.17, 15) is 0 Å². The maximum atomic E-state index is 3.54. The van der Waals surface area contributed by atoms with Crippen LogP contribution >= 0.6 is 0 Å². The summed E-state index contributed by atoms with van der Waals surface area (Å²) in [5, 5.41) is 2.48. The first-order valence-electron chi connectivity index (χ1n) is 24.2. The number of nitrogens with one attached hydrogen (secondary N) is 1. The smallest absolute Gasteiger partial charge is 0.0469 e. The van der Waals surface area contributed by atoms with Crippen molar-refractivity contribution in [3.8, 4) is 22.3 Å². The maximum Gasteiger partial charge on any atom is 0.0469 e. The quantitative estimate of drug-likeness (QED) is 0.158. The molecule has 0 amide bonds. The molecule has 2 aliphatic carbocycles. The lowest BCUT2D eigenvalue weighted by Crippen LogP contribution is -2.17. The molecule has 0 radical (unpaired) electrons. The Kier molecular flexibility index (Phi) is 15.3. The minimum atomic E-state index is 0.221. The van der Waals surface area contributed by atoms with Gasteiger partial charge in [-0.15, -0.1) is 0 Å². The summed E-state index contributed by atoms with van der Waals surface area (Å²) in [5.74, 6) is 0.634. The molecule has 69 heavy (non-hydrogen) atoms. The topological polar surface area (TPSA) is 19.0 Å². The Morgan fingerprint density at radius 1 is 0.522 bits per heavy atom. The molecule has 1 N–H and O–H groups in total. The molecule has 2 heteroatoms. The Hall–Kier alpha value is -7.94. The number of anilines is 3. The SMILES string of the molecule is C=C/C=C\C=C/C.Cc1ccc(-c2ccccc2)cc1.Cc1ccc(N(c2ccc(-c3ccccc3)cc2)c2ccc3[nH]c4ccccc4c3c2)cc1.Cc1ccc2c(c1)C1CC=CC=C1C2(C)C. The van der Waals surface area contributed by atoms with E-state index >= 15 is 0 Å². The molecule has 9 aromatic rings. The molecule has 0 saturated carbocycles. The zero-order valence-electron chi connectivity index (χ0n) is 41.0. The first kappa shape index (κ1) is 47.5. The van der Waals surface area contributed by atoms with Crippen molar-refractivity contribution in [2.45, 2.75) is 59.3 Å². The van der Waals surface area contributed by atoms with Crippen LogP contribution in [0.15, 0.2) is 255 Å². The average Bonchev–Trinajstić information content (AvgIpc) is 3.87. The zero-order valence-corrected chi connectivity index (χ0v) is 41.0. The van der Waals surface area contributed by atoms with Crippen LogP contribution in [0.1, 0.15) is 60.9 Å². The maximum absolute atomic E-state index is 3.54. The molecular formula is C67H64N2. The van der Waals surface area contributed by atoms with Gasteiger partial charge in [-0.25, -0.2) is 0 Å². The molecule has 342 valence electrons. The van der Waals surface area contributed by atoms with E-state index in [0.29, 0.717) is 5.92 Å². The van der Waals surface area contributed by atoms with Crippen LogP contribution in [-0.2, 0) is 5.41 Å². The van der Waals surface area contributed by atoms with E-state index in [1.165, 1.54) is 67.2 Å². The standard InChI is InChI=1S/C31H24N2.C16H18.C13H12.C7H10/c1-22-11-15-25(16-12-22)33(26-17-13-24(14-18-26)23-7-3-2-4-8-23)27-19-20-31-29(21-27)28-9-5-6-10-30(28)32-31;1-11-8-9-15-13(10-11)12-6-4-5-7-14(12)16(15,2)3;1-11-7-9-13(10-8-11)12-5-3-2-4-6-12;1-3-5-7-6-4-2/h2-21,32H,1H3;4-5,7-10,12H,6H2,1-3H3;2-10H,1H3;3-7H,1H2,2H3/b;;;6-4-,7-5-. The van der Waals surface area contributed by atoms with Gasteiger partial charge in [0.05, 0.1) is 0 Å². The molecule has 8 aromatic carbocycles. The van der Waals surface area contributed by atoms with Crippen LogP contribution in [-0.4, -0.2) is 4.98 Å². The third kappa shape index (κ3) is 11.3. The van der Waals surface area contributed by atoms with E-state index in [1.54, 1.807) is 17.2 Å². The van der Waals surface area contributed by atoms with Crippen LogP contribution < -0.4 is 4.90 Å². The highest BCUT2D eigenvalue weighted by Gasteiger charge is 2.41. The number of para-hydroxylation sites is 1. The lowest BCUT2D eigenvalue weighted by atomic mass is 9.79. The molecule has 1 heterocycles. The minimum absolute atomic E-state index is 0.221. The monoisotopic (exact) mass is 897 g/mol. The van der Waals surface area contributed by atoms with Gasteiger partial charge in [-0.2, -0.15) is 0 Å². The van der Waals surface area contributed by atoms with Gasteiger partial charge in [-0.3, -0.25) is 0 Å². The first-order chi connectivity index (χ1) is 33.6. The molecular weight excluding hydrogens is 833 g/mol. The van der Waals surface area contributed by atoms with Crippen molar-refractivity contribution >= 4 is 38.9 Å². The van der Waals surface area contributed by atoms with E-state index in [2.05, 4.69) is 257 Å². The van der Waals surface area contributed by atoms with Crippen molar-refractivity contribution in [3.63, 3.8) is 0 Å². The van der Waals surface area contributed by atoms with E-state index in [1.807, 2.05) is 37.3 Å². The van der Waals surface area contributed by atoms with Crippen molar-refractivity contribution < 1.29 is 0 Å². The number of fused-ring (bicyclic) bond motifs is 6. The number of allylic oxidation sites excluding steroid dienone is 9. The highest BCUT2D eigenvalue weighted by atomic mass is 15.1. The molecule has 1 aromatic heterocycles. The lowest BCUT2D eigenvalue weighted by Gasteiger charge is -2.26. The Bertz CT molecular complexity index is 3230. The van der Waals surface area contributed by atoms with Gasteiger partial charge in [0, 0.05) is 50.2 Å². The summed E-state index contributed by atoms with van der Waals surface area (Å²) in [6.07, 6.45) is 17.5. The molecule has 1 atom stereocenters. The highest BCUT2D eigenvalue weighted by molar-refractivity contribution is 6.08. The van der Waals surface area contributed by atoms with Crippen LogP contribution in [0, 0.1) is 20.8 Å². The van der Waals surface area contributed by atoms with Crippen molar-refractivity contribution in [1.29, 1.82) is 0 Å². The summed E-state index contributed by atoms with van der Waals surface area (Å²) in [6.45, 7) is 16.6. The number of rotatable bonds is 7. The average molecular weight is 897 g/mol. The summed E-state index contributed by atoms with van der Waals surface area (Å²) >= 11 is 0. The van der Waals surface area contributed by atoms with Crippen molar-refractivity contribution in [1.82, 2.24) is 4.98 Å². The molecule has 0 fully saturated rings. The van der Waals surface area contributed by atoms with Crippen LogP contribution in [0.4, 0.5) is 17.1 Å². The first-order valence-corrected chi connectivity index (χ1v) is 24.2. The normalized spacial score (nSPS) is 14.1. The molecule has 1 unspecified atom stereocenters. The predicted molar refractivity (Wildman–Crippen MR) is 300 cm³/mol. The summed E-state index contributed by atoms with van der Waals surface area (Å²) in [7, 11) is 0. The molecule has 2 aliphatic rings. The van der Waals surface area contributed by atoms with E-state index in [-0.39, 0.29) is 5.41 Å². The second kappa shape index (κ2) is 22.2. The van der Waals surface area contributed by atoms with Crippen molar-refractivity contribution in [2.24, 2.45) is 0 Å². The van der Waals surface area contributed by atoms with Gasteiger partial charge in [-0.05, 0) is 116 Å². The lowest BCUT2D eigenvalue weighted by molar-refractivity contribution is 0.612. The van der Waals surface area contributed by atoms with Gasteiger partial charge in [0.1, 0.15) is 0 Å². The van der Waals surface area contributed by atoms with Crippen LogP contribution in [0.2, 0.25) is 0 Å². The number of H-pyrrole nitrogens is 1. The van der Waals surface area contributed by atoms with Gasteiger partial charge in [-0.1, -0.05) is 237 Å². The number of aromatic nitrogens is 1. The largest absolute Gasteiger partial charge is 0.355 e. The zero-order chi connectivity index (χ0) is 48.2. The summed E-state index contributed by atoms with van der Waals surface area (Å²) in [5.41, 5.74) is 19.6. The summed E-state index contributed by atoms with van der Waals surface area (Å²) in [6, 6.07) is 69.2. The Labute approximate surface area is 411 Å². The fourth-order valence-electron chi connectivity index (χ4n) is 9.44. The van der Waals surface area contributed by atoms with Gasteiger partial charge in [0.25, 0.3) is 0 Å². The number of benzene rings is 8. The van der Waals surface area contributed by atoms with Crippen LogP contribution in [0.5, 0.6) is 0 Å². The number of aryl methyl sites for hydroxylation is 3. The second-order valence-corrected chi connectivity index (χ2v) is 18.4. The van der Waals surface area contributed by atoms with E-state index in [0.717, 1.165) is 22.6 Å². The summed E-state index contributed by atoms with van der Waals surface area (Å²) in [4.78, 5) is 5.87. The molecule has 2 nitrogen and oxygen atoms in total. The number of nitrogens with zero attached hydrogens (tertiary/aromatic N) is 1. The summed E-state index contributed by atoms with van der Waals surface area (Å²) < 4.78 is 0. The number of aromatic amines is 1. The van der Waals surface area contributed by atoms with Crippen molar-refractivity contribution in [2.75, 3.05) is 4.90 Å². The Balaban J connectivity index is 0.000000147. The highest BCUT2D eigenvalue weighted by Crippen LogP contribution is 2.52. The van der Waals surface area contributed by atoms with E-state index < -0.39 is 0 Å². The molecule has 0 spiro atoms. The predicted octanol–water partition coefficient (Wildman–Crippen LogP) is 19.0. The number of hydrogen-bond acceptors (Lipinski definition) is 1. The van der Waals surface area contributed by atoms with Crippen molar-refractivity contribution in [3.05, 3.63) is 283 Å². The molecule has 0 aliphatic heterocycles. The third-order valence-corrected chi connectivity index (χ3v) is 13.1. The Morgan fingerprint density at radius 2 is 1.04 bits per heavy atom. The van der Waals surface area contributed by atoms with Crippen LogP contribution in [0.25, 0.3) is 44.1 Å². The second-order valence-electron chi connectivity index (χ2n) is 18.4. The molecule has 11 rings (SSSR count).